The molecule has 0 spiro atoms. The summed E-state index contributed by atoms with van der Waals surface area (Å²) in [5.41, 5.74) is 3.84. The number of hydrogen-bond acceptors (Lipinski definition) is 4. The maximum Gasteiger partial charge on any atom is 0.254 e. The van der Waals surface area contributed by atoms with Crippen molar-refractivity contribution >= 4 is 33.6 Å². The number of nitrogens with one attached hydrogen (secondary N) is 2. The van der Waals surface area contributed by atoms with Crippen LogP contribution in [0.1, 0.15) is 85.6 Å². The van der Waals surface area contributed by atoms with E-state index < -0.39 is 11.6 Å². The number of imidazole rings is 1. The van der Waals surface area contributed by atoms with Gasteiger partial charge in [-0.1, -0.05) is 66.7 Å². The number of amides is 2. The van der Waals surface area contributed by atoms with E-state index in [2.05, 4.69) is 10.3 Å². The number of aromatic nitrogens is 2. The first-order valence-corrected chi connectivity index (χ1v) is 15.6. The molecule has 1 aromatic heterocycles. The zero-order chi connectivity index (χ0) is 32.4. The van der Waals surface area contributed by atoms with Gasteiger partial charge < -0.3 is 20.3 Å². The number of aromatic amines is 1. The average Bonchev–Trinajstić information content (AvgIpc) is 3.40. The third-order valence-corrected chi connectivity index (χ3v) is 7.98. The Labute approximate surface area is 265 Å². The maximum atomic E-state index is 14.1. The van der Waals surface area contributed by atoms with Crippen LogP contribution in [0.2, 0.25) is 0 Å². The minimum absolute atomic E-state index is 0.110. The van der Waals surface area contributed by atoms with E-state index >= 15 is 0 Å². The maximum absolute atomic E-state index is 14.1. The zero-order valence-electron chi connectivity index (χ0n) is 27.1. The van der Waals surface area contributed by atoms with E-state index in [1.807, 2.05) is 131 Å². The molecule has 0 bridgehead atoms. The van der Waals surface area contributed by atoms with Crippen molar-refractivity contribution < 1.29 is 14.7 Å². The molecule has 0 radical (unpaired) electrons. The summed E-state index contributed by atoms with van der Waals surface area (Å²) in [6, 6.07) is 27.2. The quantitative estimate of drug-likeness (QED) is 0.165. The van der Waals surface area contributed by atoms with Gasteiger partial charge in [-0.15, -0.1) is 0 Å². The monoisotopic (exact) mass is 604 g/mol. The van der Waals surface area contributed by atoms with Crippen LogP contribution < -0.4 is 5.32 Å². The van der Waals surface area contributed by atoms with E-state index in [1.165, 1.54) is 0 Å². The molecule has 5 aromatic rings. The second-order valence-corrected chi connectivity index (χ2v) is 13.8. The molecule has 0 saturated carbocycles. The smallest absolute Gasteiger partial charge is 0.254 e. The second kappa shape index (κ2) is 12.9. The van der Waals surface area contributed by atoms with Gasteiger partial charge in [0.1, 0.15) is 5.82 Å². The van der Waals surface area contributed by atoms with Gasteiger partial charge in [0.25, 0.3) is 11.8 Å². The molecular weight excluding hydrogens is 560 g/mol. The van der Waals surface area contributed by atoms with Gasteiger partial charge in [-0.3, -0.25) is 9.59 Å². The van der Waals surface area contributed by atoms with E-state index in [0.29, 0.717) is 36.9 Å². The number of fused-ring (bicyclic) bond motifs is 2. The molecular formula is C38H44N4O3. The third-order valence-electron chi connectivity index (χ3n) is 7.98. The number of hydrogen-bond donors (Lipinski definition) is 3. The summed E-state index contributed by atoms with van der Waals surface area (Å²) >= 11 is 0. The number of rotatable bonds is 9. The number of nitrogens with zero attached hydrogens (tertiary/aromatic N) is 2. The van der Waals surface area contributed by atoms with Crippen LogP contribution in [-0.2, 0) is 19.4 Å². The molecule has 1 atom stereocenters. The van der Waals surface area contributed by atoms with Crippen LogP contribution in [0.4, 0.5) is 0 Å². The van der Waals surface area contributed by atoms with E-state index in [0.717, 1.165) is 38.8 Å². The van der Waals surface area contributed by atoms with Gasteiger partial charge in [-0.25, -0.2) is 4.98 Å². The summed E-state index contributed by atoms with van der Waals surface area (Å²) in [6.45, 7) is 12.3. The number of aliphatic hydroxyl groups excluding tert-OH is 1. The highest BCUT2D eigenvalue weighted by atomic mass is 16.3. The zero-order valence-corrected chi connectivity index (χ0v) is 27.1. The molecule has 0 aliphatic carbocycles. The second-order valence-electron chi connectivity index (χ2n) is 13.8. The fourth-order valence-corrected chi connectivity index (χ4v) is 5.77. The number of aryl methyl sites for hydroxylation is 1. The molecule has 7 heteroatoms. The first kappa shape index (κ1) is 31.9. The topological polar surface area (TPSA) is 98.3 Å². The van der Waals surface area contributed by atoms with E-state index in [-0.39, 0.29) is 17.4 Å². The molecule has 0 saturated heterocycles. The molecule has 2 amide bonds. The Kier molecular flexibility index (Phi) is 9.12. The van der Waals surface area contributed by atoms with E-state index in [1.54, 1.807) is 0 Å². The lowest BCUT2D eigenvalue weighted by Gasteiger charge is -2.35. The Hall–Kier alpha value is -4.49. The summed E-state index contributed by atoms with van der Waals surface area (Å²) in [5, 5.41) is 16.3. The highest BCUT2D eigenvalue weighted by molar-refractivity contribution is 6.08. The lowest BCUT2D eigenvalue weighted by molar-refractivity contribution is 0.0550. The number of carbonyl (C=O) groups excluding carboxylic acids is 2. The lowest BCUT2D eigenvalue weighted by Crippen LogP contribution is -2.45. The number of para-hydroxylation sites is 2. The van der Waals surface area contributed by atoms with Crippen LogP contribution in [0.5, 0.6) is 0 Å². The minimum Gasteiger partial charge on any atom is -0.393 e. The van der Waals surface area contributed by atoms with Gasteiger partial charge in [-0.05, 0) is 101 Å². The summed E-state index contributed by atoms with van der Waals surface area (Å²) in [6.07, 6.45) is 0.581. The van der Waals surface area contributed by atoms with Crippen molar-refractivity contribution in [1.29, 1.82) is 0 Å². The summed E-state index contributed by atoms with van der Waals surface area (Å²) < 4.78 is 0. The van der Waals surface area contributed by atoms with Gasteiger partial charge in [0.2, 0.25) is 0 Å². The number of H-pyrrole nitrogens is 1. The highest BCUT2D eigenvalue weighted by Gasteiger charge is 2.30. The molecule has 0 fully saturated rings. The molecule has 5 rings (SSSR count). The largest absolute Gasteiger partial charge is 0.393 e. The van der Waals surface area contributed by atoms with Crippen molar-refractivity contribution in [3.8, 4) is 0 Å². The fourth-order valence-electron chi connectivity index (χ4n) is 5.77. The van der Waals surface area contributed by atoms with Crippen molar-refractivity contribution in [3.05, 3.63) is 113 Å². The van der Waals surface area contributed by atoms with Gasteiger partial charge in [0.05, 0.1) is 29.2 Å². The SMILES string of the molecule is CC(C)(C)NC(=O)c1c(CCC(O)Cc2ccccc2C(=O)N(Cc2nc3ccccc3[nH]2)C(C)(C)C)ccc2ccccc12. The number of benzene rings is 4. The Balaban J connectivity index is 1.35. The molecule has 0 aliphatic heterocycles. The minimum atomic E-state index is -0.706. The number of carbonyl (C=O) groups is 2. The van der Waals surface area contributed by atoms with Gasteiger partial charge in [-0.2, -0.15) is 0 Å². The molecule has 45 heavy (non-hydrogen) atoms. The van der Waals surface area contributed by atoms with Crippen LogP contribution in [0.3, 0.4) is 0 Å². The Morgan fingerprint density at radius 2 is 1.56 bits per heavy atom. The standard InChI is InChI=1S/C38H44N4O3/c1-37(2,3)41-35(44)34-26(20-19-25-13-7-9-15-29(25)34)21-22-28(43)23-27-14-8-10-16-30(27)36(45)42(38(4,5)6)24-33-39-31-17-11-12-18-32(31)40-33/h7-20,28,43H,21-24H2,1-6H3,(H,39,40)(H,41,44). The van der Waals surface area contributed by atoms with Crippen molar-refractivity contribution in [2.24, 2.45) is 0 Å². The molecule has 4 aromatic carbocycles. The first-order chi connectivity index (χ1) is 21.3. The summed E-state index contributed by atoms with van der Waals surface area (Å²) in [5.74, 6) is 0.492. The van der Waals surface area contributed by atoms with Crippen LogP contribution in [0.25, 0.3) is 21.8 Å². The van der Waals surface area contributed by atoms with E-state index in [9.17, 15) is 14.7 Å². The Bertz CT molecular complexity index is 1790. The van der Waals surface area contributed by atoms with Crippen LogP contribution in [0.15, 0.2) is 84.9 Å². The summed E-state index contributed by atoms with van der Waals surface area (Å²) in [7, 11) is 0. The molecule has 7 nitrogen and oxygen atoms in total. The third kappa shape index (κ3) is 7.60. The summed E-state index contributed by atoms with van der Waals surface area (Å²) in [4.78, 5) is 37.4. The highest BCUT2D eigenvalue weighted by Crippen LogP contribution is 2.27. The molecule has 1 heterocycles. The van der Waals surface area contributed by atoms with Crippen LogP contribution in [0, 0.1) is 0 Å². The molecule has 0 aliphatic rings. The van der Waals surface area contributed by atoms with Gasteiger partial charge in [0.15, 0.2) is 0 Å². The van der Waals surface area contributed by atoms with Gasteiger partial charge in [0, 0.05) is 16.6 Å². The fraction of sp³-hybridized carbons (Fsp3) is 0.342. The number of aliphatic hydroxyl groups is 1. The lowest BCUT2D eigenvalue weighted by atomic mass is 9.92. The van der Waals surface area contributed by atoms with Crippen LogP contribution in [-0.4, -0.2) is 49.0 Å². The Morgan fingerprint density at radius 1 is 0.867 bits per heavy atom. The molecule has 3 N–H and O–H groups in total. The normalized spacial score (nSPS) is 12.8. The molecule has 234 valence electrons. The predicted octanol–water partition coefficient (Wildman–Crippen LogP) is 7.22. The Morgan fingerprint density at radius 3 is 2.29 bits per heavy atom. The predicted molar refractivity (Wildman–Crippen MR) is 181 cm³/mol. The van der Waals surface area contributed by atoms with Crippen molar-refractivity contribution in [1.82, 2.24) is 20.2 Å². The first-order valence-electron chi connectivity index (χ1n) is 15.6. The van der Waals surface area contributed by atoms with Crippen LogP contribution >= 0.6 is 0 Å². The van der Waals surface area contributed by atoms with Gasteiger partial charge >= 0.3 is 0 Å². The van der Waals surface area contributed by atoms with Crippen molar-refractivity contribution in [2.75, 3.05) is 0 Å². The molecule has 1 unspecified atom stereocenters. The van der Waals surface area contributed by atoms with Crippen molar-refractivity contribution in [3.63, 3.8) is 0 Å². The van der Waals surface area contributed by atoms with Crippen molar-refractivity contribution in [2.45, 2.75) is 84.5 Å². The average molecular weight is 605 g/mol. The van der Waals surface area contributed by atoms with E-state index in [4.69, 9.17) is 4.98 Å².